The van der Waals surface area contributed by atoms with E-state index in [0.29, 0.717) is 11.8 Å². The predicted octanol–water partition coefficient (Wildman–Crippen LogP) is 3.47. The van der Waals surface area contributed by atoms with Crippen molar-refractivity contribution in [1.29, 1.82) is 0 Å². The number of rotatable bonds is 6. The number of amides is 1. The first kappa shape index (κ1) is 16.3. The van der Waals surface area contributed by atoms with E-state index >= 15 is 0 Å². The minimum atomic E-state index is -0.0639. The van der Waals surface area contributed by atoms with Crippen LogP contribution in [0.3, 0.4) is 0 Å². The van der Waals surface area contributed by atoms with Gasteiger partial charge in [0.15, 0.2) is 6.61 Å². The van der Waals surface area contributed by atoms with Gasteiger partial charge in [-0.2, -0.15) is 0 Å². The van der Waals surface area contributed by atoms with Crippen molar-refractivity contribution in [2.45, 2.75) is 33.7 Å². The monoisotopic (exact) mass is 375 g/mol. The van der Waals surface area contributed by atoms with Gasteiger partial charge in [-0.3, -0.25) is 4.79 Å². The molecule has 0 aliphatic heterocycles. The molecule has 0 bridgehead atoms. The van der Waals surface area contributed by atoms with Crippen LogP contribution in [0.15, 0.2) is 24.3 Å². The van der Waals surface area contributed by atoms with E-state index in [2.05, 4.69) is 55.6 Å². The van der Waals surface area contributed by atoms with E-state index in [1.807, 2.05) is 24.3 Å². The van der Waals surface area contributed by atoms with Crippen molar-refractivity contribution < 1.29 is 9.53 Å². The van der Waals surface area contributed by atoms with E-state index in [4.69, 9.17) is 4.74 Å². The Hall–Kier alpha value is -0.780. The molecule has 1 aromatic carbocycles. The van der Waals surface area contributed by atoms with Crippen molar-refractivity contribution in [3.8, 4) is 5.75 Å². The fraction of sp³-hybridized carbons (Fsp3) is 0.533. The van der Waals surface area contributed by atoms with Gasteiger partial charge in [-0.25, -0.2) is 0 Å². The Morgan fingerprint density at radius 3 is 2.16 bits per heavy atom. The van der Waals surface area contributed by atoms with Crippen LogP contribution in [0, 0.1) is 15.4 Å². The second kappa shape index (κ2) is 7.72. The maximum atomic E-state index is 11.9. The third kappa shape index (κ3) is 5.80. The van der Waals surface area contributed by atoms with Gasteiger partial charge >= 0.3 is 0 Å². The summed E-state index contributed by atoms with van der Waals surface area (Å²) in [7, 11) is 0. The molecule has 0 radical (unpaired) electrons. The van der Waals surface area contributed by atoms with Gasteiger partial charge in [0.1, 0.15) is 5.75 Å². The molecule has 0 saturated heterocycles. The minimum Gasteiger partial charge on any atom is -0.484 e. The van der Waals surface area contributed by atoms with Crippen LogP contribution in [0.25, 0.3) is 0 Å². The van der Waals surface area contributed by atoms with Crippen molar-refractivity contribution in [2.75, 3.05) is 6.61 Å². The van der Waals surface area contributed by atoms with Crippen LogP contribution < -0.4 is 10.1 Å². The molecule has 1 amide bonds. The van der Waals surface area contributed by atoms with Gasteiger partial charge < -0.3 is 10.1 Å². The lowest BCUT2D eigenvalue weighted by Crippen LogP contribution is -2.44. The lowest BCUT2D eigenvalue weighted by atomic mass is 9.93. The van der Waals surface area contributed by atoms with Gasteiger partial charge in [0, 0.05) is 9.61 Å². The fourth-order valence-electron chi connectivity index (χ4n) is 2.01. The van der Waals surface area contributed by atoms with E-state index in [9.17, 15) is 4.79 Å². The highest BCUT2D eigenvalue weighted by molar-refractivity contribution is 14.1. The predicted molar refractivity (Wildman–Crippen MR) is 86.3 cm³/mol. The van der Waals surface area contributed by atoms with Crippen molar-refractivity contribution in [3.05, 3.63) is 27.8 Å². The summed E-state index contributed by atoms with van der Waals surface area (Å²) in [4.78, 5) is 11.9. The lowest BCUT2D eigenvalue weighted by Gasteiger charge is -2.26. The summed E-state index contributed by atoms with van der Waals surface area (Å²) in [5, 5.41) is 3.03. The normalized spacial score (nSPS) is 11.2. The van der Waals surface area contributed by atoms with Crippen molar-refractivity contribution in [1.82, 2.24) is 5.32 Å². The van der Waals surface area contributed by atoms with E-state index in [0.717, 1.165) is 9.32 Å². The van der Waals surface area contributed by atoms with E-state index in [1.165, 1.54) is 0 Å². The molecule has 0 spiro atoms. The highest BCUT2D eigenvalue weighted by Gasteiger charge is 2.19. The third-order valence-corrected chi connectivity index (χ3v) is 3.67. The molecule has 0 aliphatic rings. The van der Waals surface area contributed by atoms with Crippen LogP contribution in [0.1, 0.15) is 27.7 Å². The minimum absolute atomic E-state index is 0.0639. The van der Waals surface area contributed by atoms with Crippen molar-refractivity contribution in [3.63, 3.8) is 0 Å². The molecule has 1 rings (SSSR count). The van der Waals surface area contributed by atoms with E-state index in [1.54, 1.807) is 0 Å². The Bertz CT molecular complexity index is 393. The van der Waals surface area contributed by atoms with Crippen molar-refractivity contribution in [2.24, 2.45) is 11.8 Å². The summed E-state index contributed by atoms with van der Waals surface area (Å²) in [5.41, 5.74) is 0. The first-order valence-corrected chi connectivity index (χ1v) is 7.65. The van der Waals surface area contributed by atoms with Crippen LogP contribution in [-0.4, -0.2) is 18.6 Å². The van der Waals surface area contributed by atoms with Gasteiger partial charge in [0.25, 0.3) is 5.91 Å². The van der Waals surface area contributed by atoms with Gasteiger partial charge in [0.05, 0.1) is 0 Å². The fourth-order valence-corrected chi connectivity index (χ4v) is 2.37. The standard InChI is InChI=1S/C15H22INO2/c1-10(2)15(11(3)4)17-14(18)9-19-13-7-5-12(16)6-8-13/h5-8,10-11,15H,9H2,1-4H3,(H,17,18). The quantitative estimate of drug-likeness (QED) is 0.774. The molecule has 4 heteroatoms. The van der Waals surface area contributed by atoms with Gasteiger partial charge in [-0.05, 0) is 58.7 Å². The van der Waals surface area contributed by atoms with E-state index in [-0.39, 0.29) is 18.6 Å². The summed E-state index contributed by atoms with van der Waals surface area (Å²) >= 11 is 2.23. The number of ether oxygens (including phenoxy) is 1. The SMILES string of the molecule is CC(C)C(NC(=O)COc1ccc(I)cc1)C(C)C. The molecule has 0 unspecified atom stereocenters. The molecule has 0 saturated carbocycles. The maximum Gasteiger partial charge on any atom is 0.258 e. The topological polar surface area (TPSA) is 38.3 Å². The first-order valence-electron chi connectivity index (χ1n) is 6.58. The Balaban J connectivity index is 2.45. The van der Waals surface area contributed by atoms with Crippen LogP contribution >= 0.6 is 22.6 Å². The molecule has 19 heavy (non-hydrogen) atoms. The summed E-state index contributed by atoms with van der Waals surface area (Å²) in [6.07, 6.45) is 0. The zero-order valence-corrected chi connectivity index (χ0v) is 14.1. The molecular formula is C15H22INO2. The first-order chi connectivity index (χ1) is 8.90. The Morgan fingerprint density at radius 2 is 1.68 bits per heavy atom. The highest BCUT2D eigenvalue weighted by Crippen LogP contribution is 2.14. The molecule has 0 heterocycles. The number of hydrogen-bond acceptors (Lipinski definition) is 2. The average Bonchev–Trinajstić information content (AvgIpc) is 2.34. The summed E-state index contributed by atoms with van der Waals surface area (Å²) in [5.74, 6) is 1.50. The van der Waals surface area contributed by atoms with Crippen LogP contribution in [-0.2, 0) is 4.79 Å². The van der Waals surface area contributed by atoms with E-state index < -0.39 is 0 Å². The third-order valence-electron chi connectivity index (χ3n) is 2.95. The molecule has 3 nitrogen and oxygen atoms in total. The number of hydrogen-bond donors (Lipinski definition) is 1. The van der Waals surface area contributed by atoms with Gasteiger partial charge in [0.2, 0.25) is 0 Å². The number of carbonyl (C=O) groups is 1. The molecular weight excluding hydrogens is 353 g/mol. The number of halogens is 1. The lowest BCUT2D eigenvalue weighted by molar-refractivity contribution is -0.124. The molecule has 0 aliphatic carbocycles. The Labute approximate surface area is 129 Å². The molecule has 1 aromatic rings. The summed E-state index contributed by atoms with van der Waals surface area (Å²) < 4.78 is 6.62. The molecule has 0 fully saturated rings. The Kier molecular flexibility index (Phi) is 6.62. The van der Waals surface area contributed by atoms with Crippen LogP contribution in [0.2, 0.25) is 0 Å². The zero-order valence-electron chi connectivity index (χ0n) is 11.9. The molecule has 1 N–H and O–H groups in total. The highest BCUT2D eigenvalue weighted by atomic mass is 127. The molecule has 0 atom stereocenters. The smallest absolute Gasteiger partial charge is 0.258 e. The van der Waals surface area contributed by atoms with Gasteiger partial charge in [-0.15, -0.1) is 0 Å². The van der Waals surface area contributed by atoms with Crippen LogP contribution in [0.5, 0.6) is 5.75 Å². The summed E-state index contributed by atoms with van der Waals surface area (Å²) in [6, 6.07) is 7.85. The largest absolute Gasteiger partial charge is 0.484 e. The van der Waals surface area contributed by atoms with Crippen molar-refractivity contribution >= 4 is 28.5 Å². The number of carbonyl (C=O) groups excluding carboxylic acids is 1. The van der Waals surface area contributed by atoms with Gasteiger partial charge in [-0.1, -0.05) is 27.7 Å². The summed E-state index contributed by atoms with van der Waals surface area (Å²) in [6.45, 7) is 8.53. The second-order valence-electron chi connectivity index (χ2n) is 5.32. The Morgan fingerprint density at radius 1 is 1.16 bits per heavy atom. The van der Waals surface area contributed by atoms with Crippen LogP contribution in [0.4, 0.5) is 0 Å². The molecule has 0 aromatic heterocycles. The second-order valence-corrected chi connectivity index (χ2v) is 6.57. The molecule has 106 valence electrons. The maximum absolute atomic E-state index is 11.9. The number of benzene rings is 1. The number of nitrogens with one attached hydrogen (secondary N) is 1. The zero-order chi connectivity index (χ0) is 14.4. The average molecular weight is 375 g/mol.